The number of hydrogen-bond donors (Lipinski definition) is 1. The first-order chi connectivity index (χ1) is 11.2. The van der Waals surface area contributed by atoms with Crippen LogP contribution in [0.1, 0.15) is 23.1 Å². The number of carbonyl (C=O) groups excluding carboxylic acids is 2. The van der Waals surface area contributed by atoms with Crippen molar-refractivity contribution in [1.29, 1.82) is 0 Å². The van der Waals surface area contributed by atoms with Crippen LogP contribution in [0.3, 0.4) is 0 Å². The van der Waals surface area contributed by atoms with Crippen LogP contribution in [0.25, 0.3) is 0 Å². The Morgan fingerprint density at radius 3 is 2.42 bits per heavy atom. The van der Waals surface area contributed by atoms with Crippen LogP contribution in [0.5, 0.6) is 0 Å². The second-order valence-electron chi connectivity index (χ2n) is 5.93. The summed E-state index contributed by atoms with van der Waals surface area (Å²) in [7, 11) is -2.71. The lowest BCUT2D eigenvalue weighted by Gasteiger charge is -2.34. The van der Waals surface area contributed by atoms with Crippen molar-refractivity contribution < 1.29 is 22.7 Å². The number of benzene rings is 1. The number of ether oxygens (including phenoxy) is 1. The van der Waals surface area contributed by atoms with Crippen molar-refractivity contribution in [1.82, 2.24) is 9.62 Å². The first kappa shape index (κ1) is 18.4. The summed E-state index contributed by atoms with van der Waals surface area (Å²) in [5.41, 5.74) is 2.21. The number of nitrogens with zero attached hydrogens (tertiary/aromatic N) is 1. The van der Waals surface area contributed by atoms with Crippen LogP contribution >= 0.6 is 0 Å². The van der Waals surface area contributed by atoms with Gasteiger partial charge in [0.25, 0.3) is 0 Å². The van der Waals surface area contributed by atoms with Crippen molar-refractivity contribution in [3.05, 3.63) is 28.8 Å². The van der Waals surface area contributed by atoms with Gasteiger partial charge in [-0.25, -0.2) is 8.42 Å². The van der Waals surface area contributed by atoms with Gasteiger partial charge in [-0.3, -0.25) is 9.59 Å². The van der Waals surface area contributed by atoms with Gasteiger partial charge in [0.15, 0.2) is 0 Å². The minimum atomic E-state index is -3.91. The highest BCUT2D eigenvalue weighted by molar-refractivity contribution is 7.89. The van der Waals surface area contributed by atoms with E-state index >= 15 is 0 Å². The smallest absolute Gasteiger partial charge is 0.307 e. The number of aryl methyl sites for hydroxylation is 3. The molecule has 8 heteroatoms. The predicted octanol–water partition coefficient (Wildman–Crippen LogP) is 0.664. The van der Waals surface area contributed by atoms with E-state index in [0.29, 0.717) is 11.1 Å². The summed E-state index contributed by atoms with van der Waals surface area (Å²) in [5.74, 6) is -1.12. The zero-order valence-electron chi connectivity index (χ0n) is 14.3. The highest BCUT2D eigenvalue weighted by Gasteiger charge is 2.40. The van der Waals surface area contributed by atoms with Crippen LogP contribution in [0.15, 0.2) is 17.0 Å². The molecular formula is C16H22N2O5S. The molecule has 7 nitrogen and oxygen atoms in total. The fourth-order valence-corrected chi connectivity index (χ4v) is 5.11. The van der Waals surface area contributed by atoms with Gasteiger partial charge in [-0.1, -0.05) is 17.7 Å². The maximum Gasteiger partial charge on any atom is 0.307 e. The fraction of sp³-hybridized carbons (Fsp3) is 0.500. The quantitative estimate of drug-likeness (QED) is 0.802. The summed E-state index contributed by atoms with van der Waals surface area (Å²) < 4.78 is 32.0. The molecule has 0 aromatic heterocycles. The zero-order chi connectivity index (χ0) is 18.1. The number of hydrogen-bond acceptors (Lipinski definition) is 5. The van der Waals surface area contributed by atoms with Crippen LogP contribution < -0.4 is 5.32 Å². The van der Waals surface area contributed by atoms with E-state index in [2.05, 4.69) is 10.1 Å². The Labute approximate surface area is 142 Å². The molecule has 0 aliphatic carbocycles. The predicted molar refractivity (Wildman–Crippen MR) is 88.0 cm³/mol. The first-order valence-corrected chi connectivity index (χ1v) is 9.06. The molecule has 1 aliphatic heterocycles. The van der Waals surface area contributed by atoms with Crippen LogP contribution in [0, 0.1) is 20.8 Å². The van der Waals surface area contributed by atoms with Crippen molar-refractivity contribution in [2.45, 2.75) is 38.1 Å². The minimum absolute atomic E-state index is 0.114. The van der Waals surface area contributed by atoms with E-state index in [1.165, 1.54) is 7.11 Å². The molecule has 1 fully saturated rings. The first-order valence-electron chi connectivity index (χ1n) is 7.62. The third kappa shape index (κ3) is 3.44. The van der Waals surface area contributed by atoms with Crippen LogP contribution in [0.4, 0.5) is 0 Å². The van der Waals surface area contributed by atoms with Gasteiger partial charge in [-0.05, 0) is 31.9 Å². The monoisotopic (exact) mass is 354 g/mol. The van der Waals surface area contributed by atoms with Crippen molar-refractivity contribution in [3.63, 3.8) is 0 Å². The van der Waals surface area contributed by atoms with E-state index in [4.69, 9.17) is 0 Å². The second-order valence-corrected chi connectivity index (χ2v) is 7.76. The Balaban J connectivity index is 2.50. The summed E-state index contributed by atoms with van der Waals surface area (Å²) in [4.78, 5) is 23.9. The number of amides is 1. The molecule has 0 bridgehead atoms. The van der Waals surface area contributed by atoms with Gasteiger partial charge in [0.05, 0.1) is 18.4 Å². The van der Waals surface area contributed by atoms with Crippen molar-refractivity contribution >= 4 is 21.9 Å². The highest BCUT2D eigenvalue weighted by Crippen LogP contribution is 2.28. The Hall–Kier alpha value is -1.93. The second kappa shape index (κ2) is 6.90. The van der Waals surface area contributed by atoms with Gasteiger partial charge < -0.3 is 10.1 Å². The lowest BCUT2D eigenvalue weighted by Crippen LogP contribution is -2.57. The number of methoxy groups -OCH3 is 1. The molecule has 0 saturated carbocycles. The summed E-state index contributed by atoms with van der Waals surface area (Å²) in [6.45, 7) is 5.67. The molecule has 1 N–H and O–H groups in total. The fourth-order valence-electron chi connectivity index (χ4n) is 3.11. The summed E-state index contributed by atoms with van der Waals surface area (Å²) in [5, 5.41) is 2.60. The van der Waals surface area contributed by atoms with Crippen molar-refractivity contribution in [3.8, 4) is 0 Å². The van der Waals surface area contributed by atoms with Gasteiger partial charge in [-0.2, -0.15) is 4.31 Å². The molecule has 1 aliphatic rings. The number of carbonyl (C=O) groups is 2. The lowest BCUT2D eigenvalue weighted by atomic mass is 10.1. The average molecular weight is 354 g/mol. The van der Waals surface area contributed by atoms with E-state index < -0.39 is 27.9 Å². The van der Waals surface area contributed by atoms with Crippen molar-refractivity contribution in [2.24, 2.45) is 0 Å². The van der Waals surface area contributed by atoms with Crippen LogP contribution in [-0.4, -0.2) is 50.8 Å². The summed E-state index contributed by atoms with van der Waals surface area (Å²) >= 11 is 0. The van der Waals surface area contributed by atoms with Gasteiger partial charge >= 0.3 is 5.97 Å². The number of nitrogens with one attached hydrogen (secondary N) is 1. The van der Waals surface area contributed by atoms with Crippen LogP contribution in [0.2, 0.25) is 0 Å². The van der Waals surface area contributed by atoms with Crippen molar-refractivity contribution in [2.75, 3.05) is 20.2 Å². The largest absolute Gasteiger partial charge is 0.469 e. The average Bonchev–Trinajstić information content (AvgIpc) is 2.47. The molecular weight excluding hydrogens is 332 g/mol. The molecule has 24 heavy (non-hydrogen) atoms. The number of sulfonamides is 1. The Bertz CT molecular complexity index is 750. The molecule has 1 aromatic carbocycles. The minimum Gasteiger partial charge on any atom is -0.469 e. The molecule has 1 amide bonds. The van der Waals surface area contributed by atoms with E-state index in [1.807, 2.05) is 6.92 Å². The molecule has 0 radical (unpaired) electrons. The highest BCUT2D eigenvalue weighted by atomic mass is 32.2. The zero-order valence-corrected chi connectivity index (χ0v) is 15.1. The Kier molecular flexibility index (Phi) is 5.29. The van der Waals surface area contributed by atoms with E-state index in [9.17, 15) is 18.0 Å². The lowest BCUT2D eigenvalue weighted by molar-refractivity contribution is -0.144. The third-order valence-electron chi connectivity index (χ3n) is 4.04. The van der Waals surface area contributed by atoms with Crippen LogP contribution in [-0.2, 0) is 24.3 Å². The third-order valence-corrected chi connectivity index (χ3v) is 6.26. The summed E-state index contributed by atoms with van der Waals surface area (Å²) in [6.07, 6.45) is -0.314. The maximum absolute atomic E-state index is 13.2. The Morgan fingerprint density at radius 1 is 1.29 bits per heavy atom. The molecule has 132 valence electrons. The topological polar surface area (TPSA) is 92.8 Å². The molecule has 2 rings (SSSR count). The van der Waals surface area contributed by atoms with Gasteiger partial charge in [0, 0.05) is 13.1 Å². The molecule has 1 atom stereocenters. The molecule has 1 aromatic rings. The SMILES string of the molecule is COC(=O)C[C@@H]1C(=O)NCCN1S(=O)(=O)c1c(C)cc(C)cc1C. The van der Waals surface area contributed by atoms with Gasteiger partial charge in [0.2, 0.25) is 15.9 Å². The molecule has 1 saturated heterocycles. The molecule has 0 spiro atoms. The Morgan fingerprint density at radius 2 is 1.88 bits per heavy atom. The van der Waals surface area contributed by atoms with Gasteiger partial charge in [0.1, 0.15) is 6.04 Å². The normalized spacial score (nSPS) is 19.0. The van der Waals surface area contributed by atoms with E-state index in [0.717, 1.165) is 9.87 Å². The molecule has 0 unspecified atom stereocenters. The number of esters is 1. The maximum atomic E-state index is 13.2. The van der Waals surface area contributed by atoms with E-state index in [-0.39, 0.29) is 24.4 Å². The molecule has 1 heterocycles. The summed E-state index contributed by atoms with van der Waals surface area (Å²) in [6, 6.07) is 2.48. The number of piperazine rings is 1. The van der Waals surface area contributed by atoms with E-state index in [1.54, 1.807) is 26.0 Å². The standard InChI is InChI=1S/C16H22N2O5S/c1-10-7-11(2)15(12(3)8-10)24(21,22)18-6-5-17-16(20)13(18)9-14(19)23-4/h7-8,13H,5-6,9H2,1-4H3,(H,17,20)/t13-/m1/s1. The number of rotatable bonds is 4. The van der Waals surface area contributed by atoms with Gasteiger partial charge in [-0.15, -0.1) is 0 Å².